The van der Waals surface area contributed by atoms with Gasteiger partial charge in [0.1, 0.15) is 0 Å². The zero-order chi connectivity index (χ0) is 11.4. The molecule has 1 fully saturated rings. The molecule has 0 nitrogen and oxygen atoms in total. The first-order chi connectivity index (χ1) is 7.75. The van der Waals surface area contributed by atoms with Crippen molar-refractivity contribution < 1.29 is 0 Å². The molecule has 0 heterocycles. The average molecular weight is 346 g/mol. The van der Waals surface area contributed by atoms with Gasteiger partial charge >= 0.3 is 0 Å². The number of hydrogen-bond acceptors (Lipinski definition) is 0. The quantitative estimate of drug-likeness (QED) is 0.600. The first-order valence-electron chi connectivity index (χ1n) is 6.15. The molecule has 2 rings (SSSR count). The Kier molecular flexibility index (Phi) is 4.90. The number of hydrogen-bond donors (Lipinski definition) is 0. The van der Waals surface area contributed by atoms with Crippen LogP contribution in [0.25, 0.3) is 0 Å². The van der Waals surface area contributed by atoms with Crippen molar-refractivity contribution in [3.63, 3.8) is 0 Å². The highest BCUT2D eigenvalue weighted by Crippen LogP contribution is 2.35. The second-order valence-electron chi connectivity index (χ2n) is 4.75. The van der Waals surface area contributed by atoms with Crippen molar-refractivity contribution in [2.45, 2.75) is 43.4 Å². The van der Waals surface area contributed by atoms with Crippen molar-refractivity contribution >= 4 is 31.9 Å². The summed E-state index contributed by atoms with van der Waals surface area (Å²) >= 11 is 7.27. The molecule has 0 aromatic heterocycles. The van der Waals surface area contributed by atoms with Crippen LogP contribution in [0.3, 0.4) is 0 Å². The molecule has 1 aliphatic carbocycles. The van der Waals surface area contributed by atoms with Gasteiger partial charge in [0.05, 0.1) is 0 Å². The van der Waals surface area contributed by atoms with Crippen LogP contribution in [0, 0.1) is 5.92 Å². The van der Waals surface area contributed by atoms with E-state index in [0.29, 0.717) is 4.83 Å². The Labute approximate surface area is 115 Å². The molecule has 0 saturated heterocycles. The molecule has 16 heavy (non-hydrogen) atoms. The molecule has 1 aromatic carbocycles. The number of rotatable bonds is 4. The minimum absolute atomic E-state index is 0.529. The van der Waals surface area contributed by atoms with Gasteiger partial charge in [0.15, 0.2) is 0 Å². The summed E-state index contributed by atoms with van der Waals surface area (Å²) in [6, 6.07) is 8.66. The van der Waals surface area contributed by atoms with E-state index in [1.165, 1.54) is 44.1 Å². The SMILES string of the molecule is Brc1ccc(C(Br)CCC2CCCC2)cc1. The van der Waals surface area contributed by atoms with Crippen LogP contribution in [0.1, 0.15) is 48.9 Å². The second-order valence-corrected chi connectivity index (χ2v) is 6.77. The molecule has 2 heteroatoms. The van der Waals surface area contributed by atoms with Gasteiger partial charge < -0.3 is 0 Å². The van der Waals surface area contributed by atoms with E-state index in [2.05, 4.69) is 56.1 Å². The highest BCUT2D eigenvalue weighted by atomic mass is 79.9. The van der Waals surface area contributed by atoms with E-state index in [1.807, 2.05) is 0 Å². The molecule has 0 radical (unpaired) electrons. The van der Waals surface area contributed by atoms with Crippen molar-refractivity contribution in [3.05, 3.63) is 34.3 Å². The summed E-state index contributed by atoms with van der Waals surface area (Å²) in [6.45, 7) is 0. The highest BCUT2D eigenvalue weighted by Gasteiger charge is 2.16. The van der Waals surface area contributed by atoms with E-state index in [1.54, 1.807) is 0 Å². The molecule has 0 bridgehead atoms. The highest BCUT2D eigenvalue weighted by molar-refractivity contribution is 9.10. The molecule has 0 spiro atoms. The molecule has 1 saturated carbocycles. The Hall–Kier alpha value is 0.180. The summed E-state index contributed by atoms with van der Waals surface area (Å²) in [6.07, 6.45) is 8.48. The lowest BCUT2D eigenvalue weighted by atomic mass is 9.98. The smallest absolute Gasteiger partial charge is 0.0395 e. The van der Waals surface area contributed by atoms with Crippen LogP contribution in [0.5, 0.6) is 0 Å². The third-order valence-corrected chi connectivity index (χ3v) is 5.05. The van der Waals surface area contributed by atoms with E-state index in [4.69, 9.17) is 0 Å². The third-order valence-electron chi connectivity index (χ3n) is 3.53. The standard InChI is InChI=1S/C14H18Br2/c15-13-8-6-12(7-9-13)14(16)10-5-11-3-1-2-4-11/h6-9,11,14H,1-5,10H2. The predicted molar refractivity (Wildman–Crippen MR) is 77.0 cm³/mol. The van der Waals surface area contributed by atoms with Gasteiger partial charge in [0.25, 0.3) is 0 Å². The molecule has 1 unspecified atom stereocenters. The molecule has 88 valence electrons. The van der Waals surface area contributed by atoms with Crippen LogP contribution in [0.15, 0.2) is 28.7 Å². The van der Waals surface area contributed by atoms with Gasteiger partial charge in [-0.2, -0.15) is 0 Å². The maximum Gasteiger partial charge on any atom is 0.0395 e. The Bertz CT molecular complexity index is 312. The summed E-state index contributed by atoms with van der Waals surface area (Å²) in [5.74, 6) is 0.996. The molecule has 0 amide bonds. The lowest BCUT2D eigenvalue weighted by Crippen LogP contribution is -1.97. The van der Waals surface area contributed by atoms with Gasteiger partial charge in [-0.3, -0.25) is 0 Å². The second kappa shape index (κ2) is 6.20. The Balaban J connectivity index is 1.82. The summed E-state index contributed by atoms with van der Waals surface area (Å²) in [5, 5.41) is 0. The van der Waals surface area contributed by atoms with E-state index >= 15 is 0 Å². The predicted octanol–water partition coefficient (Wildman–Crippen LogP) is 5.86. The van der Waals surface area contributed by atoms with Crippen molar-refractivity contribution in [3.8, 4) is 0 Å². The molecule has 1 atom stereocenters. The Morgan fingerprint density at radius 2 is 1.75 bits per heavy atom. The lowest BCUT2D eigenvalue weighted by Gasteiger charge is -2.13. The lowest BCUT2D eigenvalue weighted by molar-refractivity contribution is 0.483. The van der Waals surface area contributed by atoms with Crippen molar-refractivity contribution in [2.75, 3.05) is 0 Å². The third kappa shape index (κ3) is 3.59. The Morgan fingerprint density at radius 1 is 1.12 bits per heavy atom. The van der Waals surface area contributed by atoms with Gasteiger partial charge in [0.2, 0.25) is 0 Å². The van der Waals surface area contributed by atoms with Crippen molar-refractivity contribution in [2.24, 2.45) is 5.92 Å². The molecular weight excluding hydrogens is 328 g/mol. The summed E-state index contributed by atoms with van der Waals surface area (Å²) in [4.78, 5) is 0.529. The monoisotopic (exact) mass is 344 g/mol. The van der Waals surface area contributed by atoms with Crippen LogP contribution < -0.4 is 0 Å². The molecular formula is C14H18Br2. The fourth-order valence-electron chi connectivity index (χ4n) is 2.52. The van der Waals surface area contributed by atoms with Gasteiger partial charge in [-0.05, 0) is 36.5 Å². The van der Waals surface area contributed by atoms with Crippen LogP contribution >= 0.6 is 31.9 Å². The van der Waals surface area contributed by atoms with Crippen LogP contribution in [0.4, 0.5) is 0 Å². The number of halogens is 2. The number of benzene rings is 1. The zero-order valence-corrected chi connectivity index (χ0v) is 12.6. The fraction of sp³-hybridized carbons (Fsp3) is 0.571. The van der Waals surface area contributed by atoms with Crippen LogP contribution in [-0.2, 0) is 0 Å². The first kappa shape index (κ1) is 12.6. The molecule has 1 aromatic rings. The van der Waals surface area contributed by atoms with E-state index in [9.17, 15) is 0 Å². The average Bonchev–Trinajstić information content (AvgIpc) is 2.80. The van der Waals surface area contributed by atoms with Gasteiger partial charge in [-0.15, -0.1) is 0 Å². The molecule has 0 N–H and O–H groups in total. The van der Waals surface area contributed by atoms with Crippen LogP contribution in [-0.4, -0.2) is 0 Å². The van der Waals surface area contributed by atoms with Crippen molar-refractivity contribution in [1.82, 2.24) is 0 Å². The summed E-state index contributed by atoms with van der Waals surface area (Å²) in [5.41, 5.74) is 1.40. The maximum atomic E-state index is 3.80. The normalized spacial score (nSPS) is 18.9. The first-order valence-corrected chi connectivity index (χ1v) is 7.86. The minimum Gasteiger partial charge on any atom is -0.0839 e. The molecule has 0 aliphatic heterocycles. The fourth-order valence-corrected chi connectivity index (χ4v) is 3.35. The van der Waals surface area contributed by atoms with Crippen LogP contribution in [0.2, 0.25) is 0 Å². The Morgan fingerprint density at radius 3 is 2.38 bits per heavy atom. The van der Waals surface area contributed by atoms with E-state index in [-0.39, 0.29) is 0 Å². The summed E-state index contributed by atoms with van der Waals surface area (Å²) < 4.78 is 1.16. The van der Waals surface area contributed by atoms with Crippen molar-refractivity contribution in [1.29, 1.82) is 0 Å². The van der Waals surface area contributed by atoms with E-state index < -0.39 is 0 Å². The minimum atomic E-state index is 0.529. The maximum absolute atomic E-state index is 3.80. The van der Waals surface area contributed by atoms with Gasteiger partial charge in [-0.25, -0.2) is 0 Å². The zero-order valence-electron chi connectivity index (χ0n) is 9.46. The topological polar surface area (TPSA) is 0 Å². The number of alkyl halides is 1. The van der Waals surface area contributed by atoms with E-state index in [0.717, 1.165) is 10.4 Å². The summed E-state index contributed by atoms with van der Waals surface area (Å²) in [7, 11) is 0. The largest absolute Gasteiger partial charge is 0.0839 e. The van der Waals surface area contributed by atoms with Gasteiger partial charge in [0, 0.05) is 9.30 Å². The molecule has 1 aliphatic rings. The van der Waals surface area contributed by atoms with Gasteiger partial charge in [-0.1, -0.05) is 69.7 Å².